The molecule has 0 atom stereocenters. The van der Waals surface area contributed by atoms with Crippen LogP contribution in [-0.4, -0.2) is 5.16 Å². The molecule has 0 aromatic rings. The first-order valence-corrected chi connectivity index (χ1v) is 2.95. The maximum absolute atomic E-state index is 5.28. The maximum atomic E-state index is 5.28. The van der Waals surface area contributed by atoms with Gasteiger partial charge in [0.1, 0.15) is 0 Å². The molecule has 0 aliphatic carbocycles. The fourth-order valence-corrected chi connectivity index (χ4v) is 0. The standard InChI is InChI=1S/C5H10P/c1-5(2,3)6-4/h4H,1-3H3/q+1. The first-order chi connectivity index (χ1) is 2.56. The summed E-state index contributed by atoms with van der Waals surface area (Å²) < 4.78 is 0. The third-order valence-corrected chi connectivity index (χ3v) is 1.16. The molecule has 0 fully saturated rings. The van der Waals surface area contributed by atoms with E-state index < -0.39 is 0 Å². The molecule has 0 saturated carbocycles. The van der Waals surface area contributed by atoms with E-state index in [-0.39, 0.29) is 0 Å². The Balaban J connectivity index is 3.55. The van der Waals surface area contributed by atoms with Crippen LogP contribution in [0.5, 0.6) is 0 Å². The summed E-state index contributed by atoms with van der Waals surface area (Å²) in [6, 6.07) is 0. The first-order valence-electron chi connectivity index (χ1n) is 1.98. The predicted molar refractivity (Wildman–Crippen MR) is 31.6 cm³/mol. The topological polar surface area (TPSA) is 0 Å². The van der Waals surface area contributed by atoms with E-state index in [1.54, 1.807) is 0 Å². The summed E-state index contributed by atoms with van der Waals surface area (Å²) in [6.07, 6.45) is 5.28. The van der Waals surface area contributed by atoms with Crippen LogP contribution in [0.1, 0.15) is 20.8 Å². The van der Waals surface area contributed by atoms with Gasteiger partial charge in [-0.3, -0.25) is 0 Å². The minimum atomic E-state index is 0.292. The second kappa shape index (κ2) is 1.78. The Kier molecular flexibility index (Phi) is 1.84. The molecule has 0 spiro atoms. The monoisotopic (exact) mass is 101 g/mol. The van der Waals surface area contributed by atoms with Crippen LogP contribution in [-0.2, 0) is 0 Å². The van der Waals surface area contributed by atoms with E-state index in [4.69, 9.17) is 6.13 Å². The average molecular weight is 101 g/mol. The Hall–Kier alpha value is 0.210. The van der Waals surface area contributed by atoms with Gasteiger partial charge in [0.25, 0.3) is 0 Å². The van der Waals surface area contributed by atoms with E-state index in [1.807, 2.05) is 0 Å². The van der Waals surface area contributed by atoms with E-state index in [0.29, 0.717) is 5.16 Å². The molecule has 0 bridgehead atoms. The van der Waals surface area contributed by atoms with Crippen LogP contribution in [0.15, 0.2) is 0 Å². The van der Waals surface area contributed by atoms with Gasteiger partial charge >= 0.3 is 40.1 Å². The fraction of sp³-hybridized carbons (Fsp3) is 0.800. The molecule has 0 aromatic carbocycles. The summed E-state index contributed by atoms with van der Waals surface area (Å²) in [7, 11) is 0.975. The van der Waals surface area contributed by atoms with Crippen LogP contribution in [0.2, 0.25) is 0 Å². The molecule has 0 radical (unpaired) electrons. The van der Waals surface area contributed by atoms with Crippen molar-refractivity contribution in [2.24, 2.45) is 0 Å². The van der Waals surface area contributed by atoms with Crippen molar-refractivity contribution in [2.45, 2.75) is 25.9 Å². The van der Waals surface area contributed by atoms with Crippen molar-refractivity contribution in [3.63, 3.8) is 0 Å². The van der Waals surface area contributed by atoms with Crippen LogP contribution >= 0.6 is 8.04 Å². The van der Waals surface area contributed by atoms with Gasteiger partial charge in [0, 0.05) is 0 Å². The third-order valence-electron chi connectivity index (χ3n) is 0.387. The van der Waals surface area contributed by atoms with Crippen molar-refractivity contribution in [1.29, 1.82) is 0 Å². The Labute approximate surface area is 41.0 Å². The predicted octanol–water partition coefficient (Wildman–Crippen LogP) is 2.32. The molecule has 0 heterocycles. The summed E-state index contributed by atoms with van der Waals surface area (Å²) in [4.78, 5) is 0. The van der Waals surface area contributed by atoms with Gasteiger partial charge in [-0.25, -0.2) is 0 Å². The van der Waals surface area contributed by atoms with E-state index in [2.05, 4.69) is 20.8 Å². The van der Waals surface area contributed by atoms with Gasteiger partial charge in [-0.15, -0.1) is 0 Å². The summed E-state index contributed by atoms with van der Waals surface area (Å²) in [5.74, 6) is 0. The van der Waals surface area contributed by atoms with Gasteiger partial charge in [-0.1, -0.05) is 0 Å². The van der Waals surface area contributed by atoms with Crippen LogP contribution in [0.25, 0.3) is 0 Å². The molecule has 0 N–H and O–H groups in total. The van der Waals surface area contributed by atoms with Crippen LogP contribution in [0.4, 0.5) is 0 Å². The molecule has 6 heavy (non-hydrogen) atoms. The van der Waals surface area contributed by atoms with E-state index in [9.17, 15) is 0 Å². The molecule has 0 unspecified atom stereocenters. The van der Waals surface area contributed by atoms with E-state index in [0.717, 1.165) is 8.04 Å². The second-order valence-electron chi connectivity index (χ2n) is 2.30. The van der Waals surface area contributed by atoms with Gasteiger partial charge in [-0.05, 0) is 0 Å². The summed E-state index contributed by atoms with van der Waals surface area (Å²) in [5.41, 5.74) is 0. The van der Waals surface area contributed by atoms with Gasteiger partial charge in [0.15, 0.2) is 0 Å². The molecular formula is C5H10P+. The Bertz CT molecular complexity index is 70.9. The zero-order valence-electron chi connectivity index (χ0n) is 4.52. The first kappa shape index (κ1) is 6.21. The molecule has 0 aliphatic rings. The molecular weight excluding hydrogens is 91.0 g/mol. The Morgan fingerprint density at radius 3 is 1.50 bits per heavy atom. The van der Waals surface area contributed by atoms with Gasteiger partial charge in [0.05, 0.1) is 0 Å². The third kappa shape index (κ3) is 4.21. The summed E-state index contributed by atoms with van der Waals surface area (Å²) in [5, 5.41) is 0.292. The molecule has 0 aliphatic heterocycles. The van der Waals surface area contributed by atoms with Gasteiger partial charge in [0.2, 0.25) is 0 Å². The van der Waals surface area contributed by atoms with Crippen molar-refractivity contribution < 1.29 is 0 Å². The summed E-state index contributed by atoms with van der Waals surface area (Å²) >= 11 is 0. The van der Waals surface area contributed by atoms with Crippen molar-refractivity contribution in [3.8, 4) is 6.13 Å². The van der Waals surface area contributed by atoms with Crippen molar-refractivity contribution in [3.05, 3.63) is 0 Å². The van der Waals surface area contributed by atoms with Crippen molar-refractivity contribution in [1.82, 2.24) is 0 Å². The molecule has 0 nitrogen and oxygen atoms in total. The molecule has 34 valence electrons. The number of rotatable bonds is 0. The summed E-state index contributed by atoms with van der Waals surface area (Å²) in [6.45, 7) is 6.32. The number of hydrogen-bond acceptors (Lipinski definition) is 0. The Morgan fingerprint density at radius 2 is 1.50 bits per heavy atom. The zero-order valence-corrected chi connectivity index (χ0v) is 5.42. The molecule has 0 rings (SSSR count). The molecule has 1 heteroatoms. The van der Waals surface area contributed by atoms with E-state index in [1.165, 1.54) is 0 Å². The van der Waals surface area contributed by atoms with Crippen LogP contribution in [0, 0.1) is 6.13 Å². The van der Waals surface area contributed by atoms with Crippen molar-refractivity contribution in [2.75, 3.05) is 0 Å². The number of hydrogen-bond donors (Lipinski definition) is 0. The van der Waals surface area contributed by atoms with Gasteiger partial charge < -0.3 is 0 Å². The fourth-order valence-electron chi connectivity index (χ4n) is 0. The zero-order chi connectivity index (χ0) is 5.21. The second-order valence-corrected chi connectivity index (χ2v) is 3.90. The SMILES string of the molecule is C#[P+]C(C)(C)C. The molecule has 0 saturated heterocycles. The van der Waals surface area contributed by atoms with Crippen LogP contribution in [0.3, 0.4) is 0 Å². The normalized spacial score (nSPS) is 11.0. The van der Waals surface area contributed by atoms with Crippen LogP contribution < -0.4 is 0 Å². The average Bonchev–Trinajstić information content (AvgIpc) is 1.35. The minimum absolute atomic E-state index is 0.292. The van der Waals surface area contributed by atoms with E-state index >= 15 is 0 Å². The molecule has 0 amide bonds. The quantitative estimate of drug-likeness (QED) is 0.411. The van der Waals surface area contributed by atoms with Gasteiger partial charge in [-0.2, -0.15) is 0 Å². The molecule has 0 aromatic heterocycles. The van der Waals surface area contributed by atoms with Crippen molar-refractivity contribution >= 4 is 8.04 Å². The Morgan fingerprint density at radius 1 is 1.33 bits per heavy atom.